The third-order valence-corrected chi connectivity index (χ3v) is 5.33. The highest BCUT2D eigenvalue weighted by atomic mass is 32.1. The molecule has 0 aromatic carbocycles. The molecule has 144 valence electrons. The Morgan fingerprint density at radius 2 is 2.07 bits per heavy atom. The van der Waals surface area contributed by atoms with Crippen molar-refractivity contribution in [1.29, 1.82) is 0 Å². The molecule has 1 aliphatic rings. The van der Waals surface area contributed by atoms with E-state index in [0.717, 1.165) is 22.9 Å². The molecule has 0 unspecified atom stereocenters. The Labute approximate surface area is 170 Å². The molecule has 1 N–H and O–H groups in total. The molecule has 4 heterocycles. The Bertz CT molecular complexity index is 915. The third kappa shape index (κ3) is 3.76. The molecule has 0 radical (unpaired) electrons. The molecule has 3 aromatic rings. The van der Waals surface area contributed by atoms with E-state index in [0.29, 0.717) is 13.2 Å². The maximum atomic E-state index is 5.73. The zero-order valence-corrected chi connectivity index (χ0v) is 16.5. The summed E-state index contributed by atoms with van der Waals surface area (Å²) in [6.07, 6.45) is 7.59. The van der Waals surface area contributed by atoms with Crippen molar-refractivity contribution in [2.24, 2.45) is 0 Å². The number of nitrogens with zero attached hydrogens (tertiary/aromatic N) is 4. The number of pyridine rings is 2. The van der Waals surface area contributed by atoms with E-state index in [1.165, 1.54) is 5.69 Å². The SMILES string of the molecule is COCCn1cccc1[C@H]1[C@H](c2ccccn2)NC(=S)N1Cc1cccnc1. The van der Waals surface area contributed by atoms with Gasteiger partial charge in [0.15, 0.2) is 5.11 Å². The summed E-state index contributed by atoms with van der Waals surface area (Å²) in [7, 11) is 1.72. The van der Waals surface area contributed by atoms with Crippen LogP contribution in [0.4, 0.5) is 0 Å². The van der Waals surface area contributed by atoms with Crippen LogP contribution in [-0.2, 0) is 17.8 Å². The molecule has 6 nitrogen and oxygen atoms in total. The summed E-state index contributed by atoms with van der Waals surface area (Å²) in [5, 5.41) is 4.22. The summed E-state index contributed by atoms with van der Waals surface area (Å²) in [6, 6.07) is 14.2. The summed E-state index contributed by atoms with van der Waals surface area (Å²) >= 11 is 5.73. The highest BCUT2D eigenvalue weighted by molar-refractivity contribution is 7.80. The van der Waals surface area contributed by atoms with Crippen LogP contribution in [0.25, 0.3) is 0 Å². The molecule has 1 saturated heterocycles. The Kier molecular flexibility index (Phi) is 5.64. The zero-order chi connectivity index (χ0) is 19.3. The maximum absolute atomic E-state index is 5.73. The Balaban J connectivity index is 1.72. The van der Waals surface area contributed by atoms with E-state index in [9.17, 15) is 0 Å². The van der Waals surface area contributed by atoms with Crippen LogP contribution in [0.5, 0.6) is 0 Å². The van der Waals surface area contributed by atoms with Crippen molar-refractivity contribution in [2.75, 3.05) is 13.7 Å². The quantitative estimate of drug-likeness (QED) is 0.623. The first-order valence-electron chi connectivity index (χ1n) is 9.29. The van der Waals surface area contributed by atoms with E-state index in [2.05, 4.69) is 49.1 Å². The van der Waals surface area contributed by atoms with Crippen LogP contribution in [0, 0.1) is 0 Å². The van der Waals surface area contributed by atoms with E-state index < -0.39 is 0 Å². The molecular formula is C21H23N5OS. The molecule has 0 saturated carbocycles. The van der Waals surface area contributed by atoms with Gasteiger partial charge in [-0.25, -0.2) is 0 Å². The number of ether oxygens (including phenoxy) is 1. The van der Waals surface area contributed by atoms with E-state index in [4.69, 9.17) is 17.0 Å². The molecule has 28 heavy (non-hydrogen) atoms. The second-order valence-corrected chi connectivity index (χ2v) is 7.12. The van der Waals surface area contributed by atoms with Crippen molar-refractivity contribution in [2.45, 2.75) is 25.2 Å². The first kappa shape index (κ1) is 18.6. The van der Waals surface area contributed by atoms with Crippen molar-refractivity contribution < 1.29 is 4.74 Å². The van der Waals surface area contributed by atoms with Gasteiger partial charge < -0.3 is 19.5 Å². The van der Waals surface area contributed by atoms with Crippen LogP contribution < -0.4 is 5.32 Å². The predicted molar refractivity (Wildman–Crippen MR) is 112 cm³/mol. The van der Waals surface area contributed by atoms with Crippen LogP contribution in [0.2, 0.25) is 0 Å². The lowest BCUT2D eigenvalue weighted by molar-refractivity contribution is 0.183. The molecule has 1 fully saturated rings. The minimum atomic E-state index is -0.0263. The first-order chi connectivity index (χ1) is 13.8. The minimum Gasteiger partial charge on any atom is -0.383 e. The molecule has 0 aliphatic carbocycles. The Morgan fingerprint density at radius 3 is 2.82 bits per heavy atom. The molecule has 4 rings (SSSR count). The molecule has 0 bridgehead atoms. The molecule has 7 heteroatoms. The molecule has 3 aromatic heterocycles. The van der Waals surface area contributed by atoms with Crippen molar-refractivity contribution in [1.82, 2.24) is 24.8 Å². The lowest BCUT2D eigenvalue weighted by atomic mass is 10.0. The largest absolute Gasteiger partial charge is 0.383 e. The summed E-state index contributed by atoms with van der Waals surface area (Å²) in [4.78, 5) is 11.1. The standard InChI is InChI=1S/C21H23N5OS/c1-27-13-12-25-11-5-8-18(25)20-19(17-7-2-3-10-23-17)24-21(28)26(20)15-16-6-4-9-22-14-16/h2-11,14,19-20H,12-13,15H2,1H3,(H,24,28)/t19-,20-/m0/s1. The first-order valence-corrected chi connectivity index (χ1v) is 9.69. The summed E-state index contributed by atoms with van der Waals surface area (Å²) in [5.74, 6) is 0. The normalized spacial score (nSPS) is 19.0. The van der Waals surface area contributed by atoms with Gasteiger partial charge in [0.2, 0.25) is 0 Å². The number of hydrogen-bond acceptors (Lipinski definition) is 4. The van der Waals surface area contributed by atoms with Crippen LogP contribution in [0.15, 0.2) is 67.3 Å². The number of rotatable bonds is 7. The predicted octanol–water partition coefficient (Wildman–Crippen LogP) is 3.10. The Morgan fingerprint density at radius 1 is 1.14 bits per heavy atom. The maximum Gasteiger partial charge on any atom is 0.170 e. The van der Waals surface area contributed by atoms with Gasteiger partial charge in [0.05, 0.1) is 24.4 Å². The summed E-state index contributed by atoms with van der Waals surface area (Å²) < 4.78 is 7.52. The molecule has 0 spiro atoms. The van der Waals surface area contributed by atoms with Crippen LogP contribution in [0.3, 0.4) is 0 Å². The van der Waals surface area contributed by atoms with E-state index in [-0.39, 0.29) is 12.1 Å². The van der Waals surface area contributed by atoms with E-state index >= 15 is 0 Å². The highest BCUT2D eigenvalue weighted by Gasteiger charge is 2.41. The minimum absolute atomic E-state index is 0.0227. The number of nitrogens with one attached hydrogen (secondary N) is 1. The van der Waals surface area contributed by atoms with Crippen molar-refractivity contribution in [3.05, 3.63) is 84.2 Å². The van der Waals surface area contributed by atoms with Crippen LogP contribution in [0.1, 0.15) is 29.0 Å². The van der Waals surface area contributed by atoms with Crippen LogP contribution in [-0.4, -0.2) is 38.3 Å². The van der Waals surface area contributed by atoms with Crippen LogP contribution >= 0.6 is 12.2 Å². The fourth-order valence-electron chi connectivity index (χ4n) is 3.67. The number of methoxy groups -OCH3 is 1. The van der Waals surface area contributed by atoms with Gasteiger partial charge >= 0.3 is 0 Å². The highest BCUT2D eigenvalue weighted by Crippen LogP contribution is 2.39. The topological polar surface area (TPSA) is 55.2 Å². The van der Waals surface area contributed by atoms with E-state index in [1.807, 2.05) is 36.7 Å². The second-order valence-electron chi connectivity index (χ2n) is 6.74. The fraction of sp³-hybridized carbons (Fsp3) is 0.286. The van der Waals surface area contributed by atoms with Crippen molar-refractivity contribution in [3.8, 4) is 0 Å². The number of hydrogen-bond donors (Lipinski definition) is 1. The fourth-order valence-corrected chi connectivity index (χ4v) is 3.98. The molecule has 2 atom stereocenters. The number of thiocarbonyl (C=S) groups is 1. The average Bonchev–Trinajstić information content (AvgIpc) is 3.32. The van der Waals surface area contributed by atoms with Crippen molar-refractivity contribution >= 4 is 17.3 Å². The molecule has 0 amide bonds. The smallest absolute Gasteiger partial charge is 0.170 e. The van der Waals surface area contributed by atoms with Gasteiger partial charge in [-0.2, -0.15) is 0 Å². The molecular weight excluding hydrogens is 370 g/mol. The summed E-state index contributed by atoms with van der Waals surface area (Å²) in [5.41, 5.74) is 3.28. The third-order valence-electron chi connectivity index (χ3n) is 4.98. The lowest BCUT2D eigenvalue weighted by Gasteiger charge is -2.29. The molecule has 1 aliphatic heterocycles. The lowest BCUT2D eigenvalue weighted by Crippen LogP contribution is -2.30. The number of aromatic nitrogens is 3. The second kappa shape index (κ2) is 8.50. The van der Waals surface area contributed by atoms with Gasteiger partial charge in [0.1, 0.15) is 0 Å². The van der Waals surface area contributed by atoms with Gasteiger partial charge in [-0.3, -0.25) is 9.97 Å². The van der Waals surface area contributed by atoms with Gasteiger partial charge in [-0.05, 0) is 48.1 Å². The average molecular weight is 394 g/mol. The summed E-state index contributed by atoms with van der Waals surface area (Å²) in [6.45, 7) is 2.13. The van der Waals surface area contributed by atoms with E-state index in [1.54, 1.807) is 13.3 Å². The van der Waals surface area contributed by atoms with Gasteiger partial charge in [0.25, 0.3) is 0 Å². The monoisotopic (exact) mass is 393 g/mol. The Hall–Kier alpha value is -2.77. The van der Waals surface area contributed by atoms with Gasteiger partial charge in [-0.1, -0.05) is 12.1 Å². The van der Waals surface area contributed by atoms with Gasteiger partial charge in [0, 0.05) is 50.7 Å². The zero-order valence-electron chi connectivity index (χ0n) is 15.7. The van der Waals surface area contributed by atoms with Gasteiger partial charge in [-0.15, -0.1) is 0 Å². The van der Waals surface area contributed by atoms with Crippen molar-refractivity contribution in [3.63, 3.8) is 0 Å².